The SMILES string of the molecule is CCN(CC1CCC(CO)CC1)c1cc(OC)c(C)cc1CN(Cc1cc(C(F)(F)F)cc(C(F)(F)F)c1)c1nnn(C)n1. The molecule has 0 saturated heterocycles. The highest BCUT2D eigenvalue weighted by atomic mass is 19.4. The fourth-order valence-corrected chi connectivity index (χ4v) is 5.82. The van der Waals surface area contributed by atoms with Gasteiger partial charge in [-0.2, -0.15) is 31.1 Å². The lowest BCUT2D eigenvalue weighted by Crippen LogP contribution is -2.33. The van der Waals surface area contributed by atoms with Crippen LogP contribution < -0.4 is 14.5 Å². The van der Waals surface area contributed by atoms with E-state index in [4.69, 9.17) is 4.74 Å². The number of nitrogens with zero attached hydrogens (tertiary/aromatic N) is 6. The van der Waals surface area contributed by atoms with E-state index in [-0.39, 0.29) is 37.3 Å². The Morgan fingerprint density at radius 1 is 0.909 bits per heavy atom. The number of alkyl halides is 6. The number of anilines is 2. The number of aliphatic hydroxyl groups excluding tert-OH is 1. The summed E-state index contributed by atoms with van der Waals surface area (Å²) < 4.78 is 87.4. The number of halogens is 6. The minimum Gasteiger partial charge on any atom is -0.496 e. The van der Waals surface area contributed by atoms with Crippen molar-refractivity contribution in [2.75, 3.05) is 36.6 Å². The van der Waals surface area contributed by atoms with Crippen molar-refractivity contribution in [2.45, 2.75) is 65.0 Å². The topological polar surface area (TPSA) is 79.5 Å². The van der Waals surface area contributed by atoms with Gasteiger partial charge in [0.25, 0.3) is 5.95 Å². The summed E-state index contributed by atoms with van der Waals surface area (Å²) in [6, 6.07) is 5.39. The monoisotopic (exact) mass is 628 g/mol. The minimum atomic E-state index is -4.97. The maximum absolute atomic E-state index is 13.6. The summed E-state index contributed by atoms with van der Waals surface area (Å²) in [6.45, 7) is 5.24. The molecule has 0 spiro atoms. The molecule has 1 aliphatic rings. The Labute approximate surface area is 252 Å². The van der Waals surface area contributed by atoms with Crippen molar-refractivity contribution < 1.29 is 36.2 Å². The highest BCUT2D eigenvalue weighted by Gasteiger charge is 2.37. The number of hydrogen-bond donors (Lipinski definition) is 1. The van der Waals surface area contributed by atoms with E-state index in [1.165, 1.54) is 16.7 Å². The molecule has 1 heterocycles. The van der Waals surface area contributed by atoms with Crippen LogP contribution in [0.2, 0.25) is 0 Å². The molecule has 0 unspecified atom stereocenters. The lowest BCUT2D eigenvalue weighted by atomic mass is 9.82. The molecule has 1 saturated carbocycles. The number of benzene rings is 2. The van der Waals surface area contributed by atoms with E-state index in [1.807, 2.05) is 26.0 Å². The lowest BCUT2D eigenvalue weighted by Gasteiger charge is -2.35. The predicted molar refractivity (Wildman–Crippen MR) is 153 cm³/mol. The number of tetrazole rings is 1. The van der Waals surface area contributed by atoms with Crippen LogP contribution in [0.4, 0.5) is 38.0 Å². The Balaban J connectivity index is 1.73. The zero-order chi connectivity index (χ0) is 32.2. The minimum absolute atomic E-state index is 0.0586. The molecule has 0 bridgehead atoms. The molecule has 242 valence electrons. The third-order valence-corrected chi connectivity index (χ3v) is 8.18. The van der Waals surface area contributed by atoms with Gasteiger partial charge in [-0.15, -0.1) is 5.10 Å². The van der Waals surface area contributed by atoms with Crippen molar-refractivity contribution in [2.24, 2.45) is 18.9 Å². The van der Waals surface area contributed by atoms with Crippen LogP contribution in [-0.4, -0.2) is 52.1 Å². The van der Waals surface area contributed by atoms with E-state index in [0.717, 1.165) is 61.2 Å². The smallest absolute Gasteiger partial charge is 0.416 e. The Morgan fingerprint density at radius 2 is 1.52 bits per heavy atom. The summed E-state index contributed by atoms with van der Waals surface area (Å²) in [4.78, 5) is 4.92. The second-order valence-corrected chi connectivity index (χ2v) is 11.4. The quantitative estimate of drug-likeness (QED) is 0.247. The number of ether oxygens (including phenoxy) is 1. The molecule has 0 atom stereocenters. The van der Waals surface area contributed by atoms with Crippen LogP contribution in [0.3, 0.4) is 0 Å². The van der Waals surface area contributed by atoms with E-state index in [0.29, 0.717) is 24.1 Å². The van der Waals surface area contributed by atoms with Crippen LogP contribution in [0.5, 0.6) is 5.75 Å². The molecule has 1 aromatic heterocycles. The van der Waals surface area contributed by atoms with Gasteiger partial charge in [-0.25, -0.2) is 0 Å². The van der Waals surface area contributed by atoms with Gasteiger partial charge in [-0.1, -0.05) is 5.10 Å². The third-order valence-electron chi connectivity index (χ3n) is 8.18. The summed E-state index contributed by atoms with van der Waals surface area (Å²) >= 11 is 0. The number of hydrogen-bond acceptors (Lipinski definition) is 7. The zero-order valence-electron chi connectivity index (χ0n) is 25.2. The molecule has 14 heteroatoms. The Kier molecular flexibility index (Phi) is 10.3. The average molecular weight is 629 g/mol. The molecule has 0 amide bonds. The standard InChI is InChI=1S/C30H38F6N6O2/c1-5-41(15-20-6-8-21(18-43)9-7-20)26-14-27(44-4)19(2)10-23(26)17-42(28-37-39-40(3)38-28)16-22-11-24(29(31,32)33)13-25(12-22)30(34,35)36/h10-14,20-21,43H,5-9,15-18H2,1-4H3. The fourth-order valence-electron chi connectivity index (χ4n) is 5.82. The normalized spacial score (nSPS) is 17.5. The third kappa shape index (κ3) is 8.13. The van der Waals surface area contributed by atoms with Gasteiger partial charge in [0.15, 0.2) is 0 Å². The molecule has 4 rings (SSSR count). The summed E-state index contributed by atoms with van der Waals surface area (Å²) in [5.74, 6) is 1.44. The lowest BCUT2D eigenvalue weighted by molar-refractivity contribution is -0.143. The first kappa shape index (κ1) is 33.3. The van der Waals surface area contributed by atoms with Gasteiger partial charge in [0, 0.05) is 44.5 Å². The van der Waals surface area contributed by atoms with Crippen LogP contribution in [0, 0.1) is 18.8 Å². The van der Waals surface area contributed by atoms with Crippen LogP contribution in [0.15, 0.2) is 30.3 Å². The summed E-state index contributed by atoms with van der Waals surface area (Å²) in [6.07, 6.45) is -6.08. The molecule has 3 aromatic rings. The molecule has 44 heavy (non-hydrogen) atoms. The van der Waals surface area contributed by atoms with Gasteiger partial charge >= 0.3 is 12.4 Å². The van der Waals surface area contributed by atoms with Crippen molar-refractivity contribution in [1.82, 2.24) is 20.2 Å². The fraction of sp³-hybridized carbons (Fsp3) is 0.567. The number of aliphatic hydroxyl groups is 1. The summed E-state index contributed by atoms with van der Waals surface area (Å²) in [5, 5.41) is 21.6. The van der Waals surface area contributed by atoms with Gasteiger partial charge in [0.05, 0.1) is 25.3 Å². The largest absolute Gasteiger partial charge is 0.496 e. The number of methoxy groups -OCH3 is 1. The maximum Gasteiger partial charge on any atom is 0.416 e. The van der Waals surface area contributed by atoms with Crippen molar-refractivity contribution in [1.29, 1.82) is 0 Å². The van der Waals surface area contributed by atoms with Gasteiger partial charge in [-0.05, 0) is 97.5 Å². The molecule has 8 nitrogen and oxygen atoms in total. The Morgan fingerprint density at radius 3 is 2.02 bits per heavy atom. The molecule has 1 N–H and O–H groups in total. The second kappa shape index (κ2) is 13.6. The first-order valence-corrected chi connectivity index (χ1v) is 14.5. The van der Waals surface area contributed by atoms with E-state index in [1.54, 1.807) is 7.11 Å². The maximum atomic E-state index is 13.6. The number of aryl methyl sites for hydroxylation is 2. The molecule has 0 radical (unpaired) electrons. The van der Waals surface area contributed by atoms with E-state index >= 15 is 0 Å². The van der Waals surface area contributed by atoms with E-state index in [2.05, 4.69) is 20.3 Å². The first-order valence-electron chi connectivity index (χ1n) is 14.5. The highest BCUT2D eigenvalue weighted by Crippen LogP contribution is 2.38. The summed E-state index contributed by atoms with van der Waals surface area (Å²) in [7, 11) is 3.09. The molecule has 0 aliphatic heterocycles. The zero-order valence-corrected chi connectivity index (χ0v) is 25.2. The molecular weight excluding hydrogens is 590 g/mol. The molecule has 2 aromatic carbocycles. The highest BCUT2D eigenvalue weighted by molar-refractivity contribution is 5.61. The van der Waals surface area contributed by atoms with Crippen LogP contribution >= 0.6 is 0 Å². The molecular formula is C30H38F6N6O2. The van der Waals surface area contributed by atoms with Crippen LogP contribution in [-0.2, 0) is 32.5 Å². The van der Waals surface area contributed by atoms with E-state index < -0.39 is 23.5 Å². The summed E-state index contributed by atoms with van der Waals surface area (Å²) in [5.41, 5.74) is -0.527. The van der Waals surface area contributed by atoms with Crippen molar-refractivity contribution in [3.8, 4) is 5.75 Å². The predicted octanol–water partition coefficient (Wildman–Crippen LogP) is 6.40. The van der Waals surface area contributed by atoms with Crippen molar-refractivity contribution in [3.63, 3.8) is 0 Å². The van der Waals surface area contributed by atoms with Gasteiger partial charge < -0.3 is 19.6 Å². The Hall–Kier alpha value is -3.55. The van der Waals surface area contributed by atoms with Crippen molar-refractivity contribution in [3.05, 3.63) is 58.1 Å². The molecule has 1 fully saturated rings. The van der Waals surface area contributed by atoms with Gasteiger partial charge in [0.1, 0.15) is 5.75 Å². The Bertz CT molecular complexity index is 1370. The van der Waals surface area contributed by atoms with Crippen LogP contribution in [0.1, 0.15) is 60.4 Å². The van der Waals surface area contributed by atoms with Crippen LogP contribution in [0.25, 0.3) is 0 Å². The second-order valence-electron chi connectivity index (χ2n) is 11.4. The number of aromatic nitrogens is 4. The van der Waals surface area contributed by atoms with Crippen molar-refractivity contribution >= 4 is 11.6 Å². The molecule has 1 aliphatic carbocycles. The van der Waals surface area contributed by atoms with Gasteiger partial charge in [0.2, 0.25) is 0 Å². The average Bonchev–Trinajstić information content (AvgIpc) is 3.41. The first-order chi connectivity index (χ1) is 20.7. The number of rotatable bonds is 11. The van der Waals surface area contributed by atoms with Gasteiger partial charge in [-0.3, -0.25) is 0 Å². The van der Waals surface area contributed by atoms with E-state index in [9.17, 15) is 31.4 Å².